The first-order chi connectivity index (χ1) is 8.72. The molecule has 0 spiro atoms. The third-order valence-electron chi connectivity index (χ3n) is 2.86. The lowest BCUT2D eigenvalue weighted by molar-refractivity contribution is 0.0701. The van der Waals surface area contributed by atoms with Gasteiger partial charge in [-0.25, -0.2) is 0 Å². The van der Waals surface area contributed by atoms with Gasteiger partial charge in [-0.15, -0.1) is 0 Å². The van der Waals surface area contributed by atoms with Gasteiger partial charge in [-0.3, -0.25) is 4.79 Å². The smallest absolute Gasteiger partial charge is 0.253 e. The lowest BCUT2D eigenvalue weighted by atomic mass is 10.1. The highest BCUT2D eigenvalue weighted by atomic mass is 16.5. The Bertz CT molecular complexity index is 363. The van der Waals surface area contributed by atoms with Crippen molar-refractivity contribution in [1.82, 2.24) is 4.90 Å². The van der Waals surface area contributed by atoms with Crippen molar-refractivity contribution in [2.24, 2.45) is 5.73 Å². The fraction of sp³-hybridized carbons (Fsp3) is 0.500. The van der Waals surface area contributed by atoms with Crippen LogP contribution in [0.1, 0.15) is 22.8 Å². The molecule has 0 bridgehead atoms. The Morgan fingerprint density at radius 3 is 2.44 bits per heavy atom. The standard InChI is InChI=1S/C14H22N2O2/c1-3-12-4-6-13(7-5-12)14(17)16(9-8-15)10-11-18-2/h4-7H,3,8-11,15H2,1-2H3. The second kappa shape index (κ2) is 7.84. The number of nitrogens with zero attached hydrogens (tertiary/aromatic N) is 1. The predicted octanol–water partition coefficient (Wildman–Crippen LogP) is 1.30. The molecule has 0 aromatic heterocycles. The van der Waals surface area contributed by atoms with Gasteiger partial charge in [-0.2, -0.15) is 0 Å². The van der Waals surface area contributed by atoms with Crippen molar-refractivity contribution in [3.8, 4) is 0 Å². The molecule has 0 radical (unpaired) electrons. The number of ether oxygens (including phenoxy) is 1. The largest absolute Gasteiger partial charge is 0.383 e. The van der Waals surface area contributed by atoms with Crippen LogP contribution in [0.5, 0.6) is 0 Å². The Labute approximate surface area is 109 Å². The van der Waals surface area contributed by atoms with E-state index in [2.05, 4.69) is 6.92 Å². The van der Waals surface area contributed by atoms with Crippen molar-refractivity contribution < 1.29 is 9.53 Å². The Kier molecular flexibility index (Phi) is 6.39. The lowest BCUT2D eigenvalue weighted by Crippen LogP contribution is -2.37. The second-order valence-electron chi connectivity index (χ2n) is 4.12. The number of hydrogen-bond donors (Lipinski definition) is 1. The molecule has 2 N–H and O–H groups in total. The highest BCUT2D eigenvalue weighted by molar-refractivity contribution is 5.94. The molecule has 0 saturated carbocycles. The summed E-state index contributed by atoms with van der Waals surface area (Å²) in [5.41, 5.74) is 7.46. The zero-order valence-electron chi connectivity index (χ0n) is 11.2. The summed E-state index contributed by atoms with van der Waals surface area (Å²) in [6, 6.07) is 7.73. The Morgan fingerprint density at radius 2 is 1.94 bits per heavy atom. The number of carbonyl (C=O) groups excluding carboxylic acids is 1. The average Bonchev–Trinajstić information content (AvgIpc) is 2.43. The van der Waals surface area contributed by atoms with Crippen molar-refractivity contribution in [2.45, 2.75) is 13.3 Å². The average molecular weight is 250 g/mol. The molecule has 0 aliphatic carbocycles. The summed E-state index contributed by atoms with van der Waals surface area (Å²) in [7, 11) is 1.63. The Balaban J connectivity index is 2.73. The van der Waals surface area contributed by atoms with Gasteiger partial charge in [0, 0.05) is 32.3 Å². The maximum atomic E-state index is 12.3. The van der Waals surface area contributed by atoms with E-state index < -0.39 is 0 Å². The van der Waals surface area contributed by atoms with E-state index in [-0.39, 0.29) is 5.91 Å². The van der Waals surface area contributed by atoms with E-state index in [4.69, 9.17) is 10.5 Å². The molecule has 0 aliphatic heterocycles. The van der Waals surface area contributed by atoms with Crippen LogP contribution < -0.4 is 5.73 Å². The van der Waals surface area contributed by atoms with E-state index in [1.165, 1.54) is 5.56 Å². The molecule has 100 valence electrons. The van der Waals surface area contributed by atoms with Crippen molar-refractivity contribution >= 4 is 5.91 Å². The zero-order valence-corrected chi connectivity index (χ0v) is 11.2. The van der Waals surface area contributed by atoms with E-state index in [1.54, 1.807) is 12.0 Å². The van der Waals surface area contributed by atoms with Crippen molar-refractivity contribution in [3.05, 3.63) is 35.4 Å². The molecule has 18 heavy (non-hydrogen) atoms. The van der Waals surface area contributed by atoms with Crippen LogP contribution in [-0.4, -0.2) is 44.2 Å². The van der Waals surface area contributed by atoms with Crippen molar-refractivity contribution in [2.75, 3.05) is 33.4 Å². The van der Waals surface area contributed by atoms with Crippen LogP contribution in [-0.2, 0) is 11.2 Å². The van der Waals surface area contributed by atoms with Gasteiger partial charge in [0.25, 0.3) is 5.91 Å². The fourth-order valence-electron chi connectivity index (χ4n) is 1.74. The van der Waals surface area contributed by atoms with Crippen LogP contribution >= 0.6 is 0 Å². The van der Waals surface area contributed by atoms with Gasteiger partial charge in [0.1, 0.15) is 0 Å². The summed E-state index contributed by atoms with van der Waals surface area (Å²) in [5, 5.41) is 0. The van der Waals surface area contributed by atoms with Crippen LogP contribution in [0.2, 0.25) is 0 Å². The monoisotopic (exact) mass is 250 g/mol. The summed E-state index contributed by atoms with van der Waals surface area (Å²) in [4.78, 5) is 14.0. The van der Waals surface area contributed by atoms with Gasteiger partial charge in [0.2, 0.25) is 0 Å². The normalized spacial score (nSPS) is 10.4. The van der Waals surface area contributed by atoms with Crippen molar-refractivity contribution in [3.63, 3.8) is 0 Å². The van der Waals surface area contributed by atoms with Crippen LogP contribution in [0.4, 0.5) is 0 Å². The predicted molar refractivity (Wildman–Crippen MR) is 72.7 cm³/mol. The second-order valence-corrected chi connectivity index (χ2v) is 4.12. The van der Waals surface area contributed by atoms with Gasteiger partial charge in [0.15, 0.2) is 0 Å². The molecular weight excluding hydrogens is 228 g/mol. The number of aryl methyl sites for hydroxylation is 1. The zero-order chi connectivity index (χ0) is 13.4. The summed E-state index contributed by atoms with van der Waals surface area (Å²) in [6.07, 6.45) is 0.977. The molecule has 0 saturated heterocycles. The summed E-state index contributed by atoms with van der Waals surface area (Å²) in [5.74, 6) is 0.0140. The molecule has 0 atom stereocenters. The maximum Gasteiger partial charge on any atom is 0.253 e. The minimum absolute atomic E-state index is 0.0140. The molecule has 4 nitrogen and oxygen atoms in total. The minimum Gasteiger partial charge on any atom is -0.383 e. The molecule has 1 aromatic rings. The first-order valence-electron chi connectivity index (χ1n) is 6.30. The Morgan fingerprint density at radius 1 is 1.28 bits per heavy atom. The number of benzene rings is 1. The first kappa shape index (κ1) is 14.7. The molecule has 0 aliphatic rings. The quantitative estimate of drug-likeness (QED) is 0.793. The molecule has 1 amide bonds. The summed E-state index contributed by atoms with van der Waals surface area (Å²) in [6.45, 7) is 4.21. The molecule has 0 fully saturated rings. The van der Waals surface area contributed by atoms with Crippen LogP contribution in [0, 0.1) is 0 Å². The van der Waals surface area contributed by atoms with Crippen LogP contribution in [0.15, 0.2) is 24.3 Å². The van der Waals surface area contributed by atoms with Gasteiger partial charge < -0.3 is 15.4 Å². The van der Waals surface area contributed by atoms with E-state index in [0.29, 0.717) is 31.8 Å². The highest BCUT2D eigenvalue weighted by Gasteiger charge is 2.14. The summed E-state index contributed by atoms with van der Waals surface area (Å²) >= 11 is 0. The lowest BCUT2D eigenvalue weighted by Gasteiger charge is -2.21. The van der Waals surface area contributed by atoms with Gasteiger partial charge in [-0.05, 0) is 24.1 Å². The van der Waals surface area contributed by atoms with Gasteiger partial charge in [0.05, 0.1) is 6.61 Å². The fourth-order valence-corrected chi connectivity index (χ4v) is 1.74. The molecule has 4 heteroatoms. The molecule has 0 unspecified atom stereocenters. The number of carbonyl (C=O) groups is 1. The molecule has 1 rings (SSSR count). The first-order valence-corrected chi connectivity index (χ1v) is 6.30. The number of rotatable bonds is 7. The van der Waals surface area contributed by atoms with E-state index in [9.17, 15) is 4.79 Å². The Hall–Kier alpha value is -1.39. The third kappa shape index (κ3) is 4.13. The van der Waals surface area contributed by atoms with Gasteiger partial charge in [-0.1, -0.05) is 19.1 Å². The van der Waals surface area contributed by atoms with E-state index in [1.807, 2.05) is 24.3 Å². The topological polar surface area (TPSA) is 55.6 Å². The van der Waals surface area contributed by atoms with E-state index >= 15 is 0 Å². The summed E-state index contributed by atoms with van der Waals surface area (Å²) < 4.78 is 5.01. The van der Waals surface area contributed by atoms with Crippen LogP contribution in [0.3, 0.4) is 0 Å². The molecule has 1 aromatic carbocycles. The third-order valence-corrected chi connectivity index (χ3v) is 2.86. The number of hydrogen-bond acceptors (Lipinski definition) is 3. The maximum absolute atomic E-state index is 12.3. The number of amides is 1. The van der Waals surface area contributed by atoms with Crippen LogP contribution in [0.25, 0.3) is 0 Å². The molecular formula is C14H22N2O2. The minimum atomic E-state index is 0.0140. The van der Waals surface area contributed by atoms with Crippen molar-refractivity contribution in [1.29, 1.82) is 0 Å². The van der Waals surface area contributed by atoms with Gasteiger partial charge >= 0.3 is 0 Å². The highest BCUT2D eigenvalue weighted by Crippen LogP contribution is 2.08. The van der Waals surface area contributed by atoms with E-state index in [0.717, 1.165) is 6.42 Å². The molecule has 0 heterocycles. The number of nitrogens with two attached hydrogens (primary N) is 1. The number of methoxy groups -OCH3 is 1. The SMILES string of the molecule is CCc1ccc(C(=O)N(CCN)CCOC)cc1.